The lowest BCUT2D eigenvalue weighted by molar-refractivity contribution is 0.630. The predicted octanol–water partition coefficient (Wildman–Crippen LogP) is 0.278. The molecule has 0 aliphatic carbocycles. The SMILES string of the molecule is [B]c1c(C)n(C)n(-c2ccccc2)c1=O. The molecule has 0 spiro atoms. The number of hydrogen-bond donors (Lipinski definition) is 0. The lowest BCUT2D eigenvalue weighted by Gasteiger charge is -2.07. The van der Waals surface area contributed by atoms with E-state index in [1.54, 1.807) is 9.36 Å². The first-order valence-corrected chi connectivity index (χ1v) is 4.72. The monoisotopic (exact) mass is 198 g/mol. The second-order valence-corrected chi connectivity index (χ2v) is 3.48. The Morgan fingerprint density at radius 1 is 1.20 bits per heavy atom. The summed E-state index contributed by atoms with van der Waals surface area (Å²) in [6.07, 6.45) is 0. The summed E-state index contributed by atoms with van der Waals surface area (Å²) in [5.41, 5.74) is 1.75. The standard InChI is InChI=1S/C11H11BN2O/c1-8-10(12)11(15)14(13(8)2)9-6-4-3-5-7-9/h3-7H,1-2H3. The minimum Gasteiger partial charge on any atom is -0.286 e. The van der Waals surface area contributed by atoms with E-state index < -0.39 is 0 Å². The van der Waals surface area contributed by atoms with Crippen molar-refractivity contribution in [1.29, 1.82) is 0 Å². The van der Waals surface area contributed by atoms with Crippen molar-refractivity contribution in [3.63, 3.8) is 0 Å². The molecule has 4 heteroatoms. The van der Waals surface area contributed by atoms with Crippen LogP contribution in [0.1, 0.15) is 5.69 Å². The van der Waals surface area contributed by atoms with Gasteiger partial charge in [0.15, 0.2) is 0 Å². The van der Waals surface area contributed by atoms with Crippen LogP contribution in [0, 0.1) is 6.92 Å². The molecule has 1 aromatic carbocycles. The van der Waals surface area contributed by atoms with E-state index in [1.165, 1.54) is 0 Å². The van der Waals surface area contributed by atoms with Crippen LogP contribution in [0.2, 0.25) is 0 Å². The Morgan fingerprint density at radius 2 is 1.80 bits per heavy atom. The van der Waals surface area contributed by atoms with Gasteiger partial charge in [0, 0.05) is 12.7 Å². The molecule has 2 rings (SSSR count). The van der Waals surface area contributed by atoms with Crippen LogP contribution in [0.5, 0.6) is 0 Å². The zero-order valence-electron chi connectivity index (χ0n) is 8.77. The van der Waals surface area contributed by atoms with Crippen LogP contribution in [-0.4, -0.2) is 17.2 Å². The first-order valence-electron chi connectivity index (χ1n) is 4.72. The van der Waals surface area contributed by atoms with Gasteiger partial charge in [-0.2, -0.15) is 0 Å². The highest BCUT2D eigenvalue weighted by Gasteiger charge is 2.10. The summed E-state index contributed by atoms with van der Waals surface area (Å²) in [4.78, 5) is 11.8. The van der Waals surface area contributed by atoms with E-state index in [0.717, 1.165) is 11.4 Å². The molecular weight excluding hydrogens is 187 g/mol. The summed E-state index contributed by atoms with van der Waals surface area (Å²) in [7, 11) is 7.51. The van der Waals surface area contributed by atoms with Crippen LogP contribution in [0.4, 0.5) is 0 Å². The van der Waals surface area contributed by atoms with Gasteiger partial charge in [-0.15, -0.1) is 0 Å². The third-order valence-electron chi connectivity index (χ3n) is 2.60. The summed E-state index contributed by atoms with van der Waals surface area (Å²) in [5.74, 6) is 0. The van der Waals surface area contributed by atoms with E-state index in [9.17, 15) is 4.79 Å². The van der Waals surface area contributed by atoms with E-state index in [-0.39, 0.29) is 5.56 Å². The maximum absolute atomic E-state index is 11.8. The average Bonchev–Trinajstić information content (AvgIpc) is 2.45. The van der Waals surface area contributed by atoms with Crippen molar-refractivity contribution in [2.45, 2.75) is 6.92 Å². The summed E-state index contributed by atoms with van der Waals surface area (Å²) in [6, 6.07) is 9.44. The third kappa shape index (κ3) is 1.42. The van der Waals surface area contributed by atoms with Crippen LogP contribution in [-0.2, 0) is 7.05 Å². The normalized spacial score (nSPS) is 10.5. The quantitative estimate of drug-likeness (QED) is 0.604. The zero-order valence-corrected chi connectivity index (χ0v) is 8.77. The Morgan fingerprint density at radius 3 is 2.27 bits per heavy atom. The molecule has 2 aromatic rings. The van der Waals surface area contributed by atoms with Crippen LogP contribution < -0.4 is 11.0 Å². The molecule has 0 saturated heterocycles. The summed E-state index contributed by atoms with van der Waals surface area (Å²) < 4.78 is 3.32. The van der Waals surface area contributed by atoms with E-state index in [4.69, 9.17) is 7.85 Å². The molecule has 0 N–H and O–H groups in total. The molecule has 0 fully saturated rings. The van der Waals surface area contributed by atoms with Crippen LogP contribution >= 0.6 is 0 Å². The molecular formula is C11H11BN2O. The summed E-state index contributed by atoms with van der Waals surface area (Å²) in [6.45, 7) is 1.83. The second-order valence-electron chi connectivity index (χ2n) is 3.48. The first kappa shape index (κ1) is 9.83. The van der Waals surface area contributed by atoms with Crippen molar-refractivity contribution in [3.05, 3.63) is 46.4 Å². The number of nitrogens with zero attached hydrogens (tertiary/aromatic N) is 2. The van der Waals surface area contributed by atoms with Gasteiger partial charge in [0.25, 0.3) is 5.56 Å². The number of benzene rings is 1. The Labute approximate surface area is 89.3 Å². The van der Waals surface area contributed by atoms with E-state index in [0.29, 0.717) is 5.46 Å². The fraction of sp³-hybridized carbons (Fsp3) is 0.182. The predicted molar refractivity (Wildman–Crippen MR) is 61.1 cm³/mol. The lowest BCUT2D eigenvalue weighted by Crippen LogP contribution is -2.28. The minimum absolute atomic E-state index is 0.166. The fourth-order valence-electron chi connectivity index (χ4n) is 1.59. The van der Waals surface area contributed by atoms with Gasteiger partial charge < -0.3 is 0 Å². The average molecular weight is 198 g/mol. The van der Waals surface area contributed by atoms with Gasteiger partial charge in [0.2, 0.25) is 0 Å². The largest absolute Gasteiger partial charge is 0.286 e. The fourth-order valence-corrected chi connectivity index (χ4v) is 1.59. The zero-order chi connectivity index (χ0) is 11.0. The van der Waals surface area contributed by atoms with E-state index in [1.807, 2.05) is 44.3 Å². The highest BCUT2D eigenvalue weighted by molar-refractivity contribution is 6.32. The van der Waals surface area contributed by atoms with Crippen LogP contribution in [0.3, 0.4) is 0 Å². The Bertz CT molecular complexity index is 540. The Kier molecular flexibility index (Phi) is 2.27. The maximum Gasteiger partial charge on any atom is 0.264 e. The topological polar surface area (TPSA) is 26.9 Å². The van der Waals surface area contributed by atoms with E-state index in [2.05, 4.69) is 0 Å². The van der Waals surface area contributed by atoms with Crippen molar-refractivity contribution in [1.82, 2.24) is 9.36 Å². The smallest absolute Gasteiger partial charge is 0.264 e. The molecule has 2 radical (unpaired) electrons. The number of aromatic nitrogens is 2. The molecule has 0 aliphatic heterocycles. The van der Waals surface area contributed by atoms with Gasteiger partial charge in [0.1, 0.15) is 7.85 Å². The number of para-hydroxylation sites is 1. The molecule has 0 bridgehead atoms. The third-order valence-corrected chi connectivity index (χ3v) is 2.60. The molecule has 3 nitrogen and oxygen atoms in total. The second kappa shape index (κ2) is 3.46. The number of rotatable bonds is 1. The molecule has 74 valence electrons. The van der Waals surface area contributed by atoms with Crippen LogP contribution in [0.25, 0.3) is 5.69 Å². The molecule has 1 aromatic heterocycles. The van der Waals surface area contributed by atoms with Gasteiger partial charge in [-0.25, -0.2) is 4.68 Å². The van der Waals surface area contributed by atoms with Crippen molar-refractivity contribution in [3.8, 4) is 5.69 Å². The first-order chi connectivity index (χ1) is 7.13. The maximum atomic E-state index is 11.8. The minimum atomic E-state index is -0.166. The molecule has 0 atom stereocenters. The summed E-state index contributed by atoms with van der Waals surface area (Å²) in [5, 5.41) is 0. The molecule has 0 amide bonds. The van der Waals surface area contributed by atoms with E-state index >= 15 is 0 Å². The molecule has 15 heavy (non-hydrogen) atoms. The molecule has 1 heterocycles. The van der Waals surface area contributed by atoms with Crippen molar-refractivity contribution < 1.29 is 0 Å². The van der Waals surface area contributed by atoms with Gasteiger partial charge in [-0.05, 0) is 24.5 Å². The lowest BCUT2D eigenvalue weighted by atomic mass is 9.97. The van der Waals surface area contributed by atoms with Crippen molar-refractivity contribution >= 4 is 13.3 Å². The molecule has 0 saturated carbocycles. The Hall–Kier alpha value is -1.71. The molecule has 0 unspecified atom stereocenters. The highest BCUT2D eigenvalue weighted by atomic mass is 16.1. The highest BCUT2D eigenvalue weighted by Crippen LogP contribution is 2.04. The van der Waals surface area contributed by atoms with Crippen molar-refractivity contribution in [2.24, 2.45) is 7.05 Å². The Balaban J connectivity index is 2.75. The summed E-state index contributed by atoms with van der Waals surface area (Å²) >= 11 is 0. The number of hydrogen-bond acceptors (Lipinski definition) is 1. The molecule has 0 aliphatic rings. The van der Waals surface area contributed by atoms with Gasteiger partial charge >= 0.3 is 0 Å². The van der Waals surface area contributed by atoms with Crippen LogP contribution in [0.15, 0.2) is 35.1 Å². The van der Waals surface area contributed by atoms with Gasteiger partial charge in [0.05, 0.1) is 5.69 Å². The van der Waals surface area contributed by atoms with Crippen molar-refractivity contribution in [2.75, 3.05) is 0 Å². The van der Waals surface area contributed by atoms with Gasteiger partial charge in [-0.1, -0.05) is 18.2 Å². The van der Waals surface area contributed by atoms with Gasteiger partial charge in [-0.3, -0.25) is 9.48 Å².